The van der Waals surface area contributed by atoms with E-state index in [1.165, 1.54) is 5.56 Å². The molecule has 76 valence electrons. The van der Waals surface area contributed by atoms with Gasteiger partial charge in [0.15, 0.2) is 0 Å². The topological polar surface area (TPSA) is 38.7 Å². The lowest BCUT2D eigenvalue weighted by Crippen LogP contribution is -2.14. The van der Waals surface area contributed by atoms with Crippen molar-refractivity contribution in [3.05, 3.63) is 23.8 Å². The Bertz CT molecular complexity index is 322. The van der Waals surface area contributed by atoms with E-state index in [0.29, 0.717) is 6.42 Å². The molecule has 1 unspecified atom stereocenters. The van der Waals surface area contributed by atoms with Crippen LogP contribution < -0.4 is 9.47 Å². The number of hydrogen-bond acceptors (Lipinski definition) is 3. The number of benzene rings is 1. The fourth-order valence-corrected chi connectivity index (χ4v) is 1.73. The van der Waals surface area contributed by atoms with Crippen molar-refractivity contribution in [1.82, 2.24) is 0 Å². The average molecular weight is 194 g/mol. The number of fused-ring (bicyclic) bond motifs is 1. The molecule has 0 fully saturated rings. The molecule has 1 aromatic carbocycles. The third kappa shape index (κ3) is 1.68. The van der Waals surface area contributed by atoms with E-state index in [0.717, 1.165) is 17.9 Å². The zero-order chi connectivity index (χ0) is 9.97. The Morgan fingerprint density at radius 2 is 2.43 bits per heavy atom. The van der Waals surface area contributed by atoms with Crippen molar-refractivity contribution >= 4 is 0 Å². The van der Waals surface area contributed by atoms with Gasteiger partial charge < -0.3 is 14.6 Å². The molecule has 1 atom stereocenters. The third-order valence-corrected chi connectivity index (χ3v) is 2.46. The minimum Gasteiger partial charge on any atom is -0.497 e. The molecule has 0 amide bonds. The Balaban J connectivity index is 2.14. The molecule has 14 heavy (non-hydrogen) atoms. The first kappa shape index (κ1) is 9.34. The van der Waals surface area contributed by atoms with Gasteiger partial charge >= 0.3 is 0 Å². The molecule has 0 aromatic heterocycles. The van der Waals surface area contributed by atoms with Gasteiger partial charge in [0.2, 0.25) is 0 Å². The largest absolute Gasteiger partial charge is 0.497 e. The van der Waals surface area contributed by atoms with Crippen LogP contribution in [-0.4, -0.2) is 24.9 Å². The van der Waals surface area contributed by atoms with E-state index in [4.69, 9.17) is 14.6 Å². The Hall–Kier alpha value is -1.22. The lowest BCUT2D eigenvalue weighted by molar-refractivity contribution is 0.175. The molecule has 0 radical (unpaired) electrons. The van der Waals surface area contributed by atoms with Gasteiger partial charge in [-0.05, 0) is 18.2 Å². The number of rotatable bonds is 3. The summed E-state index contributed by atoms with van der Waals surface area (Å²) in [6.45, 7) is 0.176. The molecule has 1 aliphatic rings. The van der Waals surface area contributed by atoms with Crippen LogP contribution in [0.4, 0.5) is 0 Å². The van der Waals surface area contributed by atoms with Gasteiger partial charge in [0, 0.05) is 25.0 Å². The molecule has 3 nitrogen and oxygen atoms in total. The number of aliphatic hydroxyl groups is 1. The summed E-state index contributed by atoms with van der Waals surface area (Å²) >= 11 is 0. The first-order valence-corrected chi connectivity index (χ1v) is 4.78. The maximum absolute atomic E-state index is 8.80. The minimum atomic E-state index is 0.127. The molecular weight excluding hydrogens is 180 g/mol. The first-order chi connectivity index (χ1) is 6.83. The van der Waals surface area contributed by atoms with Gasteiger partial charge in [-0.15, -0.1) is 0 Å². The van der Waals surface area contributed by atoms with Crippen LogP contribution in [0.3, 0.4) is 0 Å². The number of methoxy groups -OCH3 is 1. The summed E-state index contributed by atoms with van der Waals surface area (Å²) in [7, 11) is 1.66. The molecular formula is C11H14O3. The summed E-state index contributed by atoms with van der Waals surface area (Å²) < 4.78 is 10.8. The molecule has 3 heteroatoms. The average Bonchev–Trinajstić information content (AvgIpc) is 2.59. The van der Waals surface area contributed by atoms with Crippen LogP contribution in [0, 0.1) is 0 Å². The molecule has 0 saturated heterocycles. The van der Waals surface area contributed by atoms with Crippen molar-refractivity contribution in [1.29, 1.82) is 0 Å². The Labute approximate surface area is 83.3 Å². The van der Waals surface area contributed by atoms with Crippen molar-refractivity contribution in [2.24, 2.45) is 0 Å². The van der Waals surface area contributed by atoms with Gasteiger partial charge in [-0.1, -0.05) is 0 Å². The molecule has 1 aliphatic heterocycles. The van der Waals surface area contributed by atoms with Crippen molar-refractivity contribution in [2.75, 3.05) is 13.7 Å². The molecule has 0 saturated carbocycles. The smallest absolute Gasteiger partial charge is 0.123 e. The molecule has 2 rings (SSSR count). The van der Waals surface area contributed by atoms with Crippen LogP contribution >= 0.6 is 0 Å². The van der Waals surface area contributed by atoms with Crippen molar-refractivity contribution in [2.45, 2.75) is 18.9 Å². The molecule has 0 aliphatic carbocycles. The van der Waals surface area contributed by atoms with E-state index in [1.54, 1.807) is 7.11 Å². The maximum Gasteiger partial charge on any atom is 0.123 e. The number of ether oxygens (including phenoxy) is 2. The van der Waals surface area contributed by atoms with Crippen LogP contribution in [-0.2, 0) is 6.42 Å². The highest BCUT2D eigenvalue weighted by Crippen LogP contribution is 2.32. The Morgan fingerprint density at radius 3 is 3.14 bits per heavy atom. The highest BCUT2D eigenvalue weighted by Gasteiger charge is 2.22. The molecule has 1 heterocycles. The van der Waals surface area contributed by atoms with Crippen LogP contribution in [0.2, 0.25) is 0 Å². The van der Waals surface area contributed by atoms with Gasteiger partial charge in [0.1, 0.15) is 17.6 Å². The molecule has 1 N–H and O–H groups in total. The predicted octanol–water partition coefficient (Wildman–Crippen LogP) is 1.38. The van der Waals surface area contributed by atoms with E-state index in [1.807, 2.05) is 18.2 Å². The van der Waals surface area contributed by atoms with Crippen molar-refractivity contribution in [3.8, 4) is 11.5 Å². The Morgan fingerprint density at radius 1 is 1.57 bits per heavy atom. The van der Waals surface area contributed by atoms with Crippen molar-refractivity contribution < 1.29 is 14.6 Å². The van der Waals surface area contributed by atoms with Crippen LogP contribution in [0.15, 0.2) is 18.2 Å². The lowest BCUT2D eigenvalue weighted by atomic mass is 10.1. The first-order valence-electron chi connectivity index (χ1n) is 4.78. The summed E-state index contributed by atoms with van der Waals surface area (Å²) in [5.41, 5.74) is 1.17. The van der Waals surface area contributed by atoms with E-state index in [2.05, 4.69) is 0 Å². The minimum absolute atomic E-state index is 0.127. The van der Waals surface area contributed by atoms with E-state index >= 15 is 0 Å². The summed E-state index contributed by atoms with van der Waals surface area (Å²) in [6, 6.07) is 5.80. The normalized spacial score (nSPS) is 18.9. The van der Waals surface area contributed by atoms with Gasteiger partial charge in [0.25, 0.3) is 0 Å². The fourth-order valence-electron chi connectivity index (χ4n) is 1.73. The lowest BCUT2D eigenvalue weighted by Gasteiger charge is -2.07. The second-order valence-corrected chi connectivity index (χ2v) is 3.43. The van der Waals surface area contributed by atoms with Gasteiger partial charge in [-0.2, -0.15) is 0 Å². The molecule has 0 spiro atoms. The number of aliphatic hydroxyl groups excluding tert-OH is 1. The zero-order valence-corrected chi connectivity index (χ0v) is 8.19. The van der Waals surface area contributed by atoms with E-state index in [-0.39, 0.29) is 12.7 Å². The summed E-state index contributed by atoms with van der Waals surface area (Å²) in [5, 5.41) is 8.80. The molecule has 1 aromatic rings. The van der Waals surface area contributed by atoms with Gasteiger partial charge in [-0.25, -0.2) is 0 Å². The zero-order valence-electron chi connectivity index (χ0n) is 8.19. The van der Waals surface area contributed by atoms with Crippen LogP contribution in [0.5, 0.6) is 11.5 Å². The van der Waals surface area contributed by atoms with E-state index < -0.39 is 0 Å². The quantitative estimate of drug-likeness (QED) is 0.790. The third-order valence-electron chi connectivity index (χ3n) is 2.46. The highest BCUT2D eigenvalue weighted by molar-refractivity contribution is 5.43. The highest BCUT2D eigenvalue weighted by atomic mass is 16.5. The van der Waals surface area contributed by atoms with Crippen LogP contribution in [0.25, 0.3) is 0 Å². The molecule has 0 bridgehead atoms. The van der Waals surface area contributed by atoms with Gasteiger partial charge in [0.05, 0.1) is 7.11 Å². The maximum atomic E-state index is 8.80. The summed E-state index contributed by atoms with van der Waals surface area (Å²) in [5.74, 6) is 1.78. The monoisotopic (exact) mass is 194 g/mol. The predicted molar refractivity (Wildman–Crippen MR) is 52.8 cm³/mol. The SMILES string of the molecule is COc1ccc2c(c1)CC(CCO)O2. The number of hydrogen-bond donors (Lipinski definition) is 1. The summed E-state index contributed by atoms with van der Waals surface area (Å²) in [4.78, 5) is 0. The Kier molecular flexibility index (Phi) is 2.59. The fraction of sp³-hybridized carbons (Fsp3) is 0.455. The second kappa shape index (κ2) is 3.88. The van der Waals surface area contributed by atoms with Crippen LogP contribution in [0.1, 0.15) is 12.0 Å². The van der Waals surface area contributed by atoms with Crippen molar-refractivity contribution in [3.63, 3.8) is 0 Å². The standard InChI is InChI=1S/C11H14O3/c1-13-9-2-3-11-8(6-9)7-10(14-11)4-5-12/h2-3,6,10,12H,4-5,7H2,1H3. The second-order valence-electron chi connectivity index (χ2n) is 3.43. The summed E-state index contributed by atoms with van der Waals surface area (Å²) in [6.07, 6.45) is 1.69. The van der Waals surface area contributed by atoms with E-state index in [9.17, 15) is 0 Å². The van der Waals surface area contributed by atoms with Gasteiger partial charge in [-0.3, -0.25) is 0 Å².